The second-order valence-electron chi connectivity index (χ2n) is 7.90. The monoisotopic (exact) mass is 595 g/mol. The van der Waals surface area contributed by atoms with Crippen LogP contribution in [0.25, 0.3) is 0 Å². The fourth-order valence-corrected chi connectivity index (χ4v) is 6.99. The van der Waals surface area contributed by atoms with Crippen LogP contribution in [0.5, 0.6) is 5.75 Å². The molecule has 2 N–H and O–H groups in total. The van der Waals surface area contributed by atoms with Crippen molar-refractivity contribution in [1.29, 1.82) is 0 Å². The van der Waals surface area contributed by atoms with Crippen molar-refractivity contribution in [1.82, 2.24) is 4.72 Å². The van der Waals surface area contributed by atoms with Gasteiger partial charge >= 0.3 is 5.97 Å². The zero-order valence-electron chi connectivity index (χ0n) is 18.1. The maximum absolute atomic E-state index is 13.2. The Morgan fingerprint density at radius 2 is 1.56 bits per heavy atom. The molecule has 1 aliphatic carbocycles. The lowest BCUT2D eigenvalue weighted by Crippen LogP contribution is -2.31. The number of hydrogen-bond acceptors (Lipinski definition) is 8. The third-order valence-electron chi connectivity index (χ3n) is 5.17. The molecule has 0 fully saturated rings. The van der Waals surface area contributed by atoms with Crippen molar-refractivity contribution in [3.05, 3.63) is 45.9 Å². The molecule has 1 atom stereocenters. The average Bonchev–Trinajstić information content (AvgIpc) is 2.70. The molecule has 2 aromatic carbocycles. The van der Waals surface area contributed by atoms with E-state index in [-0.39, 0.29) is 0 Å². The normalized spacial score (nSPS) is 16.6. The Kier molecular flexibility index (Phi) is 7.49. The van der Waals surface area contributed by atoms with Crippen LogP contribution in [0.3, 0.4) is 0 Å². The van der Waals surface area contributed by atoms with Crippen LogP contribution in [-0.2, 0) is 40.9 Å². The number of fused-ring (bicyclic) bond motifs is 1. The molecule has 0 spiro atoms. The van der Waals surface area contributed by atoms with Crippen LogP contribution in [0.4, 0.5) is 0 Å². The minimum Gasteiger partial charge on any atom is -0.482 e. The van der Waals surface area contributed by atoms with Crippen LogP contribution in [0.1, 0.15) is 30.0 Å². The van der Waals surface area contributed by atoms with Crippen molar-refractivity contribution < 1.29 is 39.9 Å². The van der Waals surface area contributed by atoms with Crippen molar-refractivity contribution in [3.8, 4) is 5.75 Å². The van der Waals surface area contributed by atoms with Crippen LogP contribution in [-0.4, -0.2) is 55.4 Å². The number of hydrogen-bond donors (Lipinski definition) is 2. The van der Waals surface area contributed by atoms with Gasteiger partial charge in [0.15, 0.2) is 26.3 Å². The van der Waals surface area contributed by atoms with Crippen LogP contribution < -0.4 is 9.46 Å². The quantitative estimate of drug-likeness (QED) is 0.465. The minimum atomic E-state index is -4.35. The Balaban J connectivity index is 2.06. The summed E-state index contributed by atoms with van der Waals surface area (Å²) in [5.41, 5.74) is 1.23. The topological polar surface area (TPSA) is 161 Å². The van der Waals surface area contributed by atoms with Gasteiger partial charge in [0, 0.05) is 23.0 Å². The van der Waals surface area contributed by atoms with Crippen molar-refractivity contribution in [2.24, 2.45) is 0 Å². The van der Waals surface area contributed by atoms with Crippen molar-refractivity contribution >= 4 is 51.6 Å². The van der Waals surface area contributed by atoms with Crippen LogP contribution in [0, 0.1) is 0 Å². The number of carboxylic acids is 1. The van der Waals surface area contributed by atoms with E-state index in [0.717, 1.165) is 30.7 Å². The lowest BCUT2D eigenvalue weighted by molar-refractivity contribution is -0.139. The van der Waals surface area contributed by atoms with Gasteiger partial charge in [0.25, 0.3) is 0 Å². The Morgan fingerprint density at radius 3 is 2.09 bits per heavy atom. The summed E-state index contributed by atoms with van der Waals surface area (Å²) < 4.78 is 83.2. The highest BCUT2D eigenvalue weighted by atomic mass is 79.9. The number of carboxylic acid groups (broad SMARTS) is 1. The van der Waals surface area contributed by atoms with Crippen molar-refractivity contribution in [3.63, 3.8) is 0 Å². The summed E-state index contributed by atoms with van der Waals surface area (Å²) in [6.07, 6.45) is 3.23. The number of benzene rings is 2. The fraction of sp³-hybridized carbons (Fsp3) is 0.350. The van der Waals surface area contributed by atoms with Gasteiger partial charge in [-0.15, -0.1) is 0 Å². The zero-order chi connectivity index (χ0) is 25.5. The van der Waals surface area contributed by atoms with E-state index in [1.54, 1.807) is 12.1 Å². The minimum absolute atomic E-state index is 0.314. The number of sulfonamides is 1. The maximum atomic E-state index is 13.2. The molecule has 3 rings (SSSR count). The number of ether oxygens (including phenoxy) is 1. The molecular formula is C20H22BrNO9S3. The summed E-state index contributed by atoms with van der Waals surface area (Å²) in [5, 5.41) is 8.92. The van der Waals surface area contributed by atoms with Crippen LogP contribution >= 0.6 is 15.9 Å². The molecule has 0 aromatic heterocycles. The Hall–Kier alpha value is -2.00. The van der Waals surface area contributed by atoms with Gasteiger partial charge in [-0.3, -0.25) is 0 Å². The molecule has 34 heavy (non-hydrogen) atoms. The fourth-order valence-electron chi connectivity index (χ4n) is 3.62. The number of rotatable bonds is 8. The SMILES string of the molecule is CS(=O)(=O)c1cc(S(C)(=O)=O)cc(S(=O)(=O)NC2CCCc3c(OCC(=O)O)cc(Br)cc32)c1. The average molecular weight is 596 g/mol. The van der Waals surface area contributed by atoms with E-state index >= 15 is 0 Å². The van der Waals surface area contributed by atoms with Crippen LogP contribution in [0.2, 0.25) is 0 Å². The summed E-state index contributed by atoms with van der Waals surface area (Å²) in [7, 11) is -12.2. The largest absolute Gasteiger partial charge is 0.482 e. The van der Waals surface area contributed by atoms with E-state index in [1.165, 1.54) is 0 Å². The molecule has 1 aliphatic rings. The highest BCUT2D eigenvalue weighted by Gasteiger charge is 2.30. The molecule has 2 aromatic rings. The number of sulfone groups is 2. The summed E-state index contributed by atoms with van der Waals surface area (Å²) in [5.74, 6) is -0.844. The second kappa shape index (κ2) is 9.57. The molecule has 10 nitrogen and oxygen atoms in total. The first kappa shape index (κ1) is 26.6. The molecular weight excluding hydrogens is 574 g/mol. The van der Waals surface area contributed by atoms with Gasteiger partial charge in [0.1, 0.15) is 5.75 Å². The highest BCUT2D eigenvalue weighted by molar-refractivity contribution is 9.10. The molecule has 0 radical (unpaired) electrons. The summed E-state index contributed by atoms with van der Waals surface area (Å²) in [6.45, 7) is -0.564. The number of halogens is 1. The molecule has 0 aliphatic heterocycles. The Bertz CT molecular complexity index is 1420. The van der Waals surface area contributed by atoms with Gasteiger partial charge in [-0.25, -0.2) is 34.8 Å². The molecule has 0 amide bonds. The smallest absolute Gasteiger partial charge is 0.341 e. The summed E-state index contributed by atoms with van der Waals surface area (Å²) in [4.78, 5) is 9.54. The number of nitrogens with one attached hydrogen (secondary N) is 1. The third kappa shape index (κ3) is 6.16. The third-order valence-corrected chi connectivity index (χ3v) is 9.26. The summed E-state index contributed by atoms with van der Waals surface area (Å²) in [6, 6.07) is 5.32. The first-order valence-electron chi connectivity index (χ1n) is 9.82. The van der Waals surface area contributed by atoms with Gasteiger partial charge < -0.3 is 9.84 Å². The van der Waals surface area contributed by atoms with E-state index in [4.69, 9.17) is 9.84 Å². The second-order valence-corrected chi connectivity index (χ2v) is 14.6. The zero-order valence-corrected chi connectivity index (χ0v) is 22.1. The lowest BCUT2D eigenvalue weighted by atomic mass is 9.87. The molecule has 0 heterocycles. The van der Waals surface area contributed by atoms with Crippen molar-refractivity contribution in [2.75, 3.05) is 19.1 Å². The van der Waals surface area contributed by atoms with E-state index in [2.05, 4.69) is 20.7 Å². The molecule has 1 unspecified atom stereocenters. The Labute approximate surface area is 206 Å². The van der Waals surface area contributed by atoms with E-state index in [9.17, 15) is 30.0 Å². The van der Waals surface area contributed by atoms with E-state index in [0.29, 0.717) is 40.6 Å². The number of carbonyl (C=O) groups is 1. The molecule has 0 saturated heterocycles. The predicted octanol–water partition coefficient (Wildman–Crippen LogP) is 2.08. The molecule has 0 bridgehead atoms. The van der Waals surface area contributed by atoms with E-state index in [1.807, 2.05) is 0 Å². The Morgan fingerprint density at radius 1 is 1.00 bits per heavy atom. The van der Waals surface area contributed by atoms with Gasteiger partial charge in [-0.1, -0.05) is 15.9 Å². The lowest BCUT2D eigenvalue weighted by Gasteiger charge is -2.28. The van der Waals surface area contributed by atoms with Crippen molar-refractivity contribution in [2.45, 2.75) is 40.0 Å². The first-order chi connectivity index (χ1) is 15.6. The van der Waals surface area contributed by atoms with Crippen LogP contribution in [0.15, 0.2) is 49.5 Å². The molecule has 0 saturated carbocycles. The standard InChI is InChI=1S/C20H22BrNO9S3/c1-32(25,26)13-8-14(33(2,27)28)10-15(9-13)34(29,30)22-18-5-3-4-16-17(18)6-12(21)7-19(16)31-11-20(23)24/h6-10,18,22H,3-5,11H2,1-2H3,(H,23,24). The predicted molar refractivity (Wildman–Crippen MR) is 126 cm³/mol. The maximum Gasteiger partial charge on any atom is 0.341 e. The summed E-state index contributed by atoms with van der Waals surface area (Å²) >= 11 is 3.33. The van der Waals surface area contributed by atoms with E-state index < -0.39 is 63.0 Å². The van der Waals surface area contributed by atoms with Gasteiger partial charge in [-0.2, -0.15) is 0 Å². The van der Waals surface area contributed by atoms with Gasteiger partial charge in [0.05, 0.1) is 14.7 Å². The number of aliphatic carboxylic acids is 1. The highest BCUT2D eigenvalue weighted by Crippen LogP contribution is 2.39. The first-order valence-corrected chi connectivity index (χ1v) is 15.9. The molecule has 186 valence electrons. The van der Waals surface area contributed by atoms with Gasteiger partial charge in [0.2, 0.25) is 10.0 Å². The molecule has 14 heteroatoms. The van der Waals surface area contributed by atoms with Gasteiger partial charge in [-0.05, 0) is 60.7 Å².